The number of pyridine rings is 4. The van der Waals surface area contributed by atoms with Gasteiger partial charge >= 0.3 is 0 Å². The lowest BCUT2D eigenvalue weighted by Crippen LogP contribution is -2.01. The summed E-state index contributed by atoms with van der Waals surface area (Å²) in [5, 5.41) is 3.59. The molecule has 0 bridgehead atoms. The van der Waals surface area contributed by atoms with Gasteiger partial charge in [0.2, 0.25) is 0 Å². The summed E-state index contributed by atoms with van der Waals surface area (Å²) < 4.78 is 0. The van der Waals surface area contributed by atoms with E-state index in [1.165, 1.54) is 0 Å². The molecule has 0 saturated carbocycles. The van der Waals surface area contributed by atoms with Crippen LogP contribution in [0.2, 0.25) is 0 Å². The van der Waals surface area contributed by atoms with Crippen molar-refractivity contribution < 1.29 is 0 Å². The van der Waals surface area contributed by atoms with Crippen molar-refractivity contribution in [1.29, 1.82) is 0 Å². The molecular formula is C30H25N7. The van der Waals surface area contributed by atoms with Gasteiger partial charge in [0.05, 0.1) is 45.6 Å². The summed E-state index contributed by atoms with van der Waals surface area (Å²) in [6.07, 6.45) is 15.5. The van der Waals surface area contributed by atoms with Crippen LogP contribution in [0.15, 0.2) is 95.2 Å². The highest BCUT2D eigenvalue weighted by Crippen LogP contribution is 2.31. The molecule has 4 aromatic heterocycles. The topological polar surface area (TPSA) is 88.3 Å². The SMILES string of the molecule is C1=NC(c2cc(Nc3cc(C4=CCCC=N4)nc(-c4ccccn4)c3)cc(-c3ccccn3)n2)=CCC1. The molecule has 0 radical (unpaired) electrons. The second kappa shape index (κ2) is 10.5. The maximum absolute atomic E-state index is 4.89. The fourth-order valence-electron chi connectivity index (χ4n) is 4.29. The van der Waals surface area contributed by atoms with Crippen LogP contribution in [0, 0.1) is 0 Å². The zero-order valence-corrected chi connectivity index (χ0v) is 20.2. The molecule has 7 heteroatoms. The van der Waals surface area contributed by atoms with Crippen LogP contribution in [0.25, 0.3) is 34.2 Å². The highest BCUT2D eigenvalue weighted by molar-refractivity contribution is 5.81. The average molecular weight is 484 g/mol. The van der Waals surface area contributed by atoms with E-state index >= 15 is 0 Å². The minimum Gasteiger partial charge on any atom is -0.355 e. The Morgan fingerprint density at radius 3 is 1.41 bits per heavy atom. The Morgan fingerprint density at radius 2 is 1.00 bits per heavy atom. The normalized spacial score (nSPS) is 14.7. The van der Waals surface area contributed by atoms with Gasteiger partial charge in [-0.25, -0.2) is 9.97 Å². The van der Waals surface area contributed by atoms with Gasteiger partial charge in [-0.1, -0.05) is 24.3 Å². The molecule has 0 atom stereocenters. The van der Waals surface area contributed by atoms with Gasteiger partial charge in [0, 0.05) is 36.2 Å². The standard InChI is InChI=1S/C30H25N7/c1-5-13-31-23(9-1)27-17-21(18-28(36-27)24-10-2-6-14-32-24)35-22-19-29(25-11-3-7-15-33-25)37-30(20-22)26-12-4-8-16-34-26/h1,3,5,7,9-20H,2,4,6,8H2,(H,35,36,37). The van der Waals surface area contributed by atoms with Crippen molar-refractivity contribution in [2.45, 2.75) is 25.7 Å². The summed E-state index contributed by atoms with van der Waals surface area (Å²) in [7, 11) is 0. The Labute approximate surface area is 215 Å². The van der Waals surface area contributed by atoms with Crippen LogP contribution in [0.4, 0.5) is 11.4 Å². The van der Waals surface area contributed by atoms with Crippen LogP contribution < -0.4 is 5.32 Å². The van der Waals surface area contributed by atoms with E-state index in [1.807, 2.05) is 73.1 Å². The molecule has 0 spiro atoms. The Morgan fingerprint density at radius 1 is 0.514 bits per heavy atom. The molecular weight excluding hydrogens is 458 g/mol. The summed E-state index contributed by atoms with van der Waals surface area (Å²) in [6.45, 7) is 0. The first-order chi connectivity index (χ1) is 18.3. The molecule has 2 aliphatic rings. The van der Waals surface area contributed by atoms with Gasteiger partial charge in [-0.2, -0.15) is 0 Å². The summed E-state index contributed by atoms with van der Waals surface area (Å²) in [4.78, 5) is 28.0. The van der Waals surface area contributed by atoms with Gasteiger partial charge in [-0.3, -0.25) is 20.0 Å². The van der Waals surface area contributed by atoms with Crippen molar-refractivity contribution in [3.05, 3.63) is 96.6 Å². The van der Waals surface area contributed by atoms with Crippen LogP contribution in [-0.4, -0.2) is 32.4 Å². The van der Waals surface area contributed by atoms with E-state index in [9.17, 15) is 0 Å². The highest BCUT2D eigenvalue weighted by Gasteiger charge is 2.14. The third-order valence-corrected chi connectivity index (χ3v) is 6.05. The predicted octanol–water partition coefficient (Wildman–Crippen LogP) is 6.76. The minimum absolute atomic E-state index is 0.779. The second-order valence-corrected chi connectivity index (χ2v) is 8.76. The lowest BCUT2D eigenvalue weighted by molar-refractivity contribution is 1.08. The lowest BCUT2D eigenvalue weighted by atomic mass is 10.1. The average Bonchev–Trinajstić information content (AvgIpc) is 2.99. The molecule has 0 amide bonds. The smallest absolute Gasteiger partial charge is 0.0915 e. The number of anilines is 2. The minimum atomic E-state index is 0.779. The van der Waals surface area contributed by atoms with Crippen molar-refractivity contribution in [3.8, 4) is 22.8 Å². The zero-order chi connectivity index (χ0) is 24.9. The van der Waals surface area contributed by atoms with E-state index in [1.54, 1.807) is 12.4 Å². The van der Waals surface area contributed by atoms with Gasteiger partial charge in [-0.05, 0) is 74.2 Å². The summed E-state index contributed by atoms with van der Waals surface area (Å²) in [5.74, 6) is 0. The quantitative estimate of drug-likeness (QED) is 0.327. The predicted molar refractivity (Wildman–Crippen MR) is 150 cm³/mol. The number of rotatable bonds is 6. The Kier molecular flexibility index (Phi) is 6.41. The first-order valence-corrected chi connectivity index (χ1v) is 12.4. The van der Waals surface area contributed by atoms with E-state index in [0.717, 1.165) is 82.6 Å². The number of nitrogens with one attached hydrogen (secondary N) is 1. The van der Waals surface area contributed by atoms with E-state index in [0.29, 0.717) is 0 Å². The highest BCUT2D eigenvalue weighted by atomic mass is 14.9. The molecule has 0 saturated heterocycles. The third-order valence-electron chi connectivity index (χ3n) is 6.05. The lowest BCUT2D eigenvalue weighted by Gasteiger charge is -2.15. The van der Waals surface area contributed by atoms with Crippen LogP contribution in [-0.2, 0) is 0 Å². The first-order valence-electron chi connectivity index (χ1n) is 12.4. The number of nitrogens with zero attached hydrogens (tertiary/aromatic N) is 6. The number of aliphatic imine (C=N–C) groups is 2. The maximum atomic E-state index is 4.89. The van der Waals surface area contributed by atoms with Crippen molar-refractivity contribution in [2.75, 3.05) is 5.32 Å². The summed E-state index contributed by atoms with van der Waals surface area (Å²) >= 11 is 0. The molecule has 1 N–H and O–H groups in total. The molecule has 180 valence electrons. The molecule has 4 aromatic rings. The van der Waals surface area contributed by atoms with Crippen molar-refractivity contribution in [3.63, 3.8) is 0 Å². The van der Waals surface area contributed by atoms with Crippen molar-refractivity contribution in [1.82, 2.24) is 19.9 Å². The van der Waals surface area contributed by atoms with Crippen molar-refractivity contribution >= 4 is 35.2 Å². The molecule has 7 nitrogen and oxygen atoms in total. The van der Waals surface area contributed by atoms with E-state index in [2.05, 4.69) is 37.4 Å². The van der Waals surface area contributed by atoms with Crippen LogP contribution in [0.5, 0.6) is 0 Å². The fourth-order valence-corrected chi connectivity index (χ4v) is 4.29. The molecule has 37 heavy (non-hydrogen) atoms. The van der Waals surface area contributed by atoms with E-state index < -0.39 is 0 Å². The number of hydrogen-bond acceptors (Lipinski definition) is 7. The number of allylic oxidation sites excluding steroid dienone is 2. The number of aromatic nitrogens is 4. The zero-order valence-electron chi connectivity index (χ0n) is 20.2. The van der Waals surface area contributed by atoms with Gasteiger partial charge in [-0.15, -0.1) is 0 Å². The Balaban J connectivity index is 1.44. The Bertz CT molecular complexity index is 1420. The maximum Gasteiger partial charge on any atom is 0.0915 e. The molecule has 6 heterocycles. The largest absolute Gasteiger partial charge is 0.355 e. The van der Waals surface area contributed by atoms with Gasteiger partial charge in [0.15, 0.2) is 0 Å². The fraction of sp³-hybridized carbons (Fsp3) is 0.133. The molecule has 0 fully saturated rings. The molecule has 6 rings (SSSR count). The molecule has 0 unspecified atom stereocenters. The van der Waals surface area contributed by atoms with Gasteiger partial charge in [0.1, 0.15) is 0 Å². The summed E-state index contributed by atoms with van der Waals surface area (Å²) in [5.41, 5.74) is 8.30. The molecule has 0 aromatic carbocycles. The molecule has 0 aliphatic carbocycles. The van der Waals surface area contributed by atoms with Crippen LogP contribution in [0.3, 0.4) is 0 Å². The summed E-state index contributed by atoms with van der Waals surface area (Å²) in [6, 6.07) is 19.7. The van der Waals surface area contributed by atoms with Crippen molar-refractivity contribution in [2.24, 2.45) is 9.98 Å². The van der Waals surface area contributed by atoms with E-state index in [-0.39, 0.29) is 0 Å². The van der Waals surface area contributed by atoms with Gasteiger partial charge in [0.25, 0.3) is 0 Å². The van der Waals surface area contributed by atoms with E-state index in [4.69, 9.17) is 9.97 Å². The van der Waals surface area contributed by atoms with Gasteiger partial charge < -0.3 is 5.32 Å². The first kappa shape index (κ1) is 22.7. The second-order valence-electron chi connectivity index (χ2n) is 8.76. The number of hydrogen-bond donors (Lipinski definition) is 1. The monoisotopic (exact) mass is 483 g/mol. The van der Waals surface area contributed by atoms with Crippen LogP contribution >= 0.6 is 0 Å². The third kappa shape index (κ3) is 5.26. The Hall–Kier alpha value is -4.78. The molecule has 2 aliphatic heterocycles. The van der Waals surface area contributed by atoms with Crippen LogP contribution in [0.1, 0.15) is 37.1 Å².